The molecule has 1 rings (SSSR count). The Balaban J connectivity index is 2.11. The fourth-order valence-corrected chi connectivity index (χ4v) is 2.19. The molecule has 0 unspecified atom stereocenters. The van der Waals surface area contributed by atoms with Crippen molar-refractivity contribution in [3.63, 3.8) is 0 Å². The lowest BCUT2D eigenvalue weighted by Gasteiger charge is -2.05. The molecule has 0 aromatic carbocycles. The molecule has 0 saturated heterocycles. The van der Waals surface area contributed by atoms with Crippen LogP contribution in [0.5, 0.6) is 0 Å². The molecule has 1 heterocycles. The Kier molecular flexibility index (Phi) is 10.5. The van der Waals surface area contributed by atoms with Crippen LogP contribution in [0.15, 0.2) is 6.20 Å². The Morgan fingerprint density at radius 2 is 2.04 bits per heavy atom. The second-order valence-electron chi connectivity index (χ2n) is 6.38. The SMILES string of the molecule is CCOCC(=O)NCCCC(=O)NCc1cn(CCCC(C)C)nn1. The summed E-state index contributed by atoms with van der Waals surface area (Å²) in [6, 6.07) is 0. The Morgan fingerprint density at radius 1 is 1.24 bits per heavy atom. The van der Waals surface area contributed by atoms with Crippen LogP contribution in [0.4, 0.5) is 0 Å². The molecule has 0 aliphatic heterocycles. The van der Waals surface area contributed by atoms with Crippen LogP contribution in [0.25, 0.3) is 0 Å². The van der Waals surface area contributed by atoms with Gasteiger partial charge in [0.25, 0.3) is 0 Å². The maximum Gasteiger partial charge on any atom is 0.245 e. The third-order valence-corrected chi connectivity index (χ3v) is 3.56. The largest absolute Gasteiger partial charge is 0.372 e. The van der Waals surface area contributed by atoms with E-state index in [1.54, 1.807) is 0 Å². The number of rotatable bonds is 13. The quantitative estimate of drug-likeness (QED) is 0.520. The van der Waals surface area contributed by atoms with Crippen molar-refractivity contribution in [3.05, 3.63) is 11.9 Å². The molecule has 142 valence electrons. The molecular formula is C17H31N5O3. The minimum absolute atomic E-state index is 0.0617. The molecular weight excluding hydrogens is 322 g/mol. The van der Waals surface area contributed by atoms with E-state index < -0.39 is 0 Å². The number of carbonyl (C=O) groups is 2. The van der Waals surface area contributed by atoms with Crippen molar-refractivity contribution < 1.29 is 14.3 Å². The van der Waals surface area contributed by atoms with Crippen LogP contribution in [0.2, 0.25) is 0 Å². The summed E-state index contributed by atoms with van der Waals surface area (Å²) in [6.45, 7) is 8.50. The zero-order valence-electron chi connectivity index (χ0n) is 15.6. The zero-order valence-corrected chi connectivity index (χ0v) is 15.6. The van der Waals surface area contributed by atoms with Crippen LogP contribution in [0, 0.1) is 5.92 Å². The van der Waals surface area contributed by atoms with Crippen molar-refractivity contribution in [2.45, 2.75) is 59.5 Å². The lowest BCUT2D eigenvalue weighted by Crippen LogP contribution is -2.30. The van der Waals surface area contributed by atoms with E-state index in [9.17, 15) is 9.59 Å². The van der Waals surface area contributed by atoms with Gasteiger partial charge < -0.3 is 15.4 Å². The predicted octanol–water partition coefficient (Wildman–Crippen LogP) is 1.26. The third kappa shape index (κ3) is 10.5. The molecule has 0 bridgehead atoms. The summed E-state index contributed by atoms with van der Waals surface area (Å²) in [5.41, 5.74) is 0.753. The molecule has 0 spiro atoms. The molecule has 25 heavy (non-hydrogen) atoms. The predicted molar refractivity (Wildman–Crippen MR) is 94.7 cm³/mol. The number of aromatic nitrogens is 3. The van der Waals surface area contributed by atoms with Crippen molar-refractivity contribution in [2.24, 2.45) is 5.92 Å². The lowest BCUT2D eigenvalue weighted by molar-refractivity contribution is -0.126. The summed E-state index contributed by atoms with van der Waals surface area (Å²) >= 11 is 0. The number of carbonyl (C=O) groups excluding carboxylic acids is 2. The van der Waals surface area contributed by atoms with E-state index in [0.29, 0.717) is 38.5 Å². The minimum atomic E-state index is -0.156. The molecule has 0 radical (unpaired) electrons. The highest BCUT2D eigenvalue weighted by Gasteiger charge is 2.06. The Morgan fingerprint density at radius 3 is 2.76 bits per heavy atom. The first-order valence-corrected chi connectivity index (χ1v) is 9.01. The van der Waals surface area contributed by atoms with Crippen molar-refractivity contribution >= 4 is 11.8 Å². The first kappa shape index (κ1) is 21.1. The van der Waals surface area contributed by atoms with Crippen molar-refractivity contribution in [1.29, 1.82) is 0 Å². The van der Waals surface area contributed by atoms with Gasteiger partial charge in [0.1, 0.15) is 12.3 Å². The fourth-order valence-electron chi connectivity index (χ4n) is 2.19. The van der Waals surface area contributed by atoms with Gasteiger partial charge in [-0.2, -0.15) is 0 Å². The molecule has 0 saturated carbocycles. The average Bonchev–Trinajstić information content (AvgIpc) is 3.02. The standard InChI is InChI=1S/C17H31N5O3/c1-4-25-13-17(24)18-9-5-8-16(23)19-11-15-12-22(21-20-15)10-6-7-14(2)3/h12,14H,4-11,13H2,1-3H3,(H,18,24)(H,19,23). The summed E-state index contributed by atoms with van der Waals surface area (Å²) in [7, 11) is 0. The number of aryl methyl sites for hydroxylation is 1. The summed E-state index contributed by atoms with van der Waals surface area (Å²) in [6.07, 6.45) is 5.05. The van der Waals surface area contributed by atoms with Crippen LogP contribution < -0.4 is 10.6 Å². The number of nitrogens with one attached hydrogen (secondary N) is 2. The molecule has 1 aromatic heterocycles. The Hall–Kier alpha value is -1.96. The van der Waals surface area contributed by atoms with E-state index in [4.69, 9.17) is 4.74 Å². The van der Waals surface area contributed by atoms with Gasteiger partial charge in [0, 0.05) is 26.1 Å². The molecule has 1 aromatic rings. The van der Waals surface area contributed by atoms with Crippen molar-refractivity contribution in [1.82, 2.24) is 25.6 Å². The molecule has 0 aliphatic carbocycles. The minimum Gasteiger partial charge on any atom is -0.372 e. The van der Waals surface area contributed by atoms with Crippen molar-refractivity contribution in [2.75, 3.05) is 19.8 Å². The fraction of sp³-hybridized carbons (Fsp3) is 0.765. The highest BCUT2D eigenvalue weighted by Crippen LogP contribution is 2.05. The summed E-state index contributed by atoms with van der Waals surface area (Å²) in [5, 5.41) is 13.7. The molecule has 2 amide bonds. The molecule has 0 aliphatic rings. The normalized spacial score (nSPS) is 10.9. The number of ether oxygens (including phenoxy) is 1. The van der Waals surface area contributed by atoms with Gasteiger partial charge in [0.15, 0.2) is 0 Å². The van der Waals surface area contributed by atoms with Crippen LogP contribution in [-0.2, 0) is 27.4 Å². The molecule has 8 nitrogen and oxygen atoms in total. The first-order valence-electron chi connectivity index (χ1n) is 9.01. The number of hydrogen-bond acceptors (Lipinski definition) is 5. The maximum absolute atomic E-state index is 11.8. The van der Waals surface area contributed by atoms with Gasteiger partial charge in [-0.1, -0.05) is 19.1 Å². The Labute approximate surface area is 149 Å². The Bertz CT molecular complexity index is 516. The van der Waals surface area contributed by atoms with Gasteiger partial charge >= 0.3 is 0 Å². The van der Waals surface area contributed by atoms with E-state index in [2.05, 4.69) is 34.8 Å². The van der Waals surface area contributed by atoms with Crippen LogP contribution in [0.3, 0.4) is 0 Å². The maximum atomic E-state index is 11.8. The number of amides is 2. The van der Waals surface area contributed by atoms with E-state index >= 15 is 0 Å². The summed E-state index contributed by atoms with van der Waals surface area (Å²) in [4.78, 5) is 23.1. The molecule has 8 heteroatoms. The van der Waals surface area contributed by atoms with Gasteiger partial charge in [-0.05, 0) is 32.1 Å². The van der Waals surface area contributed by atoms with Crippen LogP contribution >= 0.6 is 0 Å². The molecule has 0 fully saturated rings. The first-order chi connectivity index (χ1) is 12.0. The molecule has 2 N–H and O–H groups in total. The van der Waals surface area contributed by atoms with E-state index in [-0.39, 0.29) is 18.4 Å². The topological polar surface area (TPSA) is 98.1 Å². The number of hydrogen-bond donors (Lipinski definition) is 2. The zero-order chi connectivity index (χ0) is 18.5. The van der Waals surface area contributed by atoms with Crippen LogP contribution in [-0.4, -0.2) is 46.6 Å². The van der Waals surface area contributed by atoms with Gasteiger partial charge in [-0.25, -0.2) is 0 Å². The molecule has 0 atom stereocenters. The monoisotopic (exact) mass is 353 g/mol. The van der Waals surface area contributed by atoms with Crippen molar-refractivity contribution in [3.8, 4) is 0 Å². The highest BCUT2D eigenvalue weighted by atomic mass is 16.5. The summed E-state index contributed by atoms with van der Waals surface area (Å²) < 4.78 is 6.81. The van der Waals surface area contributed by atoms with Gasteiger partial charge in [0.05, 0.1) is 12.7 Å². The smallest absolute Gasteiger partial charge is 0.245 e. The second kappa shape index (κ2) is 12.4. The van der Waals surface area contributed by atoms with E-state index in [1.807, 2.05) is 17.8 Å². The third-order valence-electron chi connectivity index (χ3n) is 3.56. The lowest BCUT2D eigenvalue weighted by atomic mass is 10.1. The second-order valence-corrected chi connectivity index (χ2v) is 6.38. The number of nitrogens with zero attached hydrogens (tertiary/aromatic N) is 3. The highest BCUT2D eigenvalue weighted by molar-refractivity contribution is 5.77. The van der Waals surface area contributed by atoms with E-state index in [0.717, 1.165) is 25.1 Å². The van der Waals surface area contributed by atoms with Gasteiger partial charge in [-0.15, -0.1) is 5.10 Å². The van der Waals surface area contributed by atoms with Gasteiger partial charge in [-0.3, -0.25) is 14.3 Å². The average molecular weight is 353 g/mol. The summed E-state index contributed by atoms with van der Waals surface area (Å²) in [5.74, 6) is 0.469. The van der Waals surface area contributed by atoms with Gasteiger partial charge in [0.2, 0.25) is 11.8 Å². The van der Waals surface area contributed by atoms with E-state index in [1.165, 1.54) is 0 Å². The van der Waals surface area contributed by atoms with Crippen LogP contribution in [0.1, 0.15) is 52.1 Å².